The molecule has 0 saturated carbocycles. The van der Waals surface area contributed by atoms with Crippen LogP contribution in [0, 0.1) is 0 Å². The van der Waals surface area contributed by atoms with Crippen LogP contribution in [0.2, 0.25) is 0 Å². The van der Waals surface area contributed by atoms with Gasteiger partial charge in [0.15, 0.2) is 11.5 Å². The second-order valence-electron chi connectivity index (χ2n) is 3.50. The molecule has 1 aliphatic heterocycles. The quantitative estimate of drug-likeness (QED) is 0.876. The molecule has 1 aliphatic rings. The SMILES string of the molecule is Cl.NC(=O)CCC1COc2ccccc2O1. The number of benzene rings is 1. The molecule has 5 heteroatoms. The fourth-order valence-electron chi connectivity index (χ4n) is 1.51. The Labute approximate surface area is 100 Å². The van der Waals surface area contributed by atoms with Crippen LogP contribution in [0.25, 0.3) is 0 Å². The lowest BCUT2D eigenvalue weighted by Crippen LogP contribution is -2.30. The number of para-hydroxylation sites is 2. The number of fused-ring (bicyclic) bond motifs is 1. The largest absolute Gasteiger partial charge is 0.486 e. The van der Waals surface area contributed by atoms with Gasteiger partial charge >= 0.3 is 0 Å². The minimum Gasteiger partial charge on any atom is -0.486 e. The number of hydrogen-bond donors (Lipinski definition) is 1. The summed E-state index contributed by atoms with van der Waals surface area (Å²) in [4.78, 5) is 10.6. The van der Waals surface area contributed by atoms with Crippen LogP contribution in [-0.4, -0.2) is 18.6 Å². The Balaban J connectivity index is 0.00000128. The van der Waals surface area contributed by atoms with Gasteiger partial charge in [0.05, 0.1) is 0 Å². The standard InChI is InChI=1S/C11H13NO3.ClH/c12-11(13)6-5-8-7-14-9-3-1-2-4-10(9)15-8;/h1-4,8H,5-7H2,(H2,12,13);1H. The van der Waals surface area contributed by atoms with Gasteiger partial charge in [0.1, 0.15) is 12.7 Å². The van der Waals surface area contributed by atoms with Crippen LogP contribution in [0.5, 0.6) is 11.5 Å². The van der Waals surface area contributed by atoms with Gasteiger partial charge < -0.3 is 15.2 Å². The molecular formula is C11H14ClNO3. The lowest BCUT2D eigenvalue weighted by molar-refractivity contribution is -0.118. The first-order valence-electron chi connectivity index (χ1n) is 4.92. The molecule has 0 saturated heterocycles. The molecule has 16 heavy (non-hydrogen) atoms. The molecule has 0 aliphatic carbocycles. The van der Waals surface area contributed by atoms with E-state index < -0.39 is 0 Å². The van der Waals surface area contributed by atoms with E-state index >= 15 is 0 Å². The number of nitrogens with two attached hydrogens (primary N) is 1. The van der Waals surface area contributed by atoms with Crippen LogP contribution >= 0.6 is 12.4 Å². The van der Waals surface area contributed by atoms with Crippen molar-refractivity contribution in [3.8, 4) is 11.5 Å². The Morgan fingerprint density at radius 2 is 2.06 bits per heavy atom. The lowest BCUT2D eigenvalue weighted by atomic mass is 10.2. The van der Waals surface area contributed by atoms with Crippen molar-refractivity contribution in [3.63, 3.8) is 0 Å². The molecule has 1 heterocycles. The molecular weight excluding hydrogens is 230 g/mol. The minimum absolute atomic E-state index is 0. The van der Waals surface area contributed by atoms with Crippen LogP contribution in [0.4, 0.5) is 0 Å². The van der Waals surface area contributed by atoms with E-state index in [1.54, 1.807) is 0 Å². The maximum atomic E-state index is 10.6. The molecule has 1 amide bonds. The summed E-state index contributed by atoms with van der Waals surface area (Å²) in [5.41, 5.74) is 5.07. The van der Waals surface area contributed by atoms with Crippen molar-refractivity contribution >= 4 is 18.3 Å². The van der Waals surface area contributed by atoms with Gasteiger partial charge in [0.25, 0.3) is 0 Å². The third-order valence-electron chi connectivity index (χ3n) is 2.28. The van der Waals surface area contributed by atoms with Gasteiger partial charge in [-0.15, -0.1) is 12.4 Å². The molecule has 0 aromatic heterocycles. The Kier molecular flexibility index (Phi) is 4.43. The lowest BCUT2D eigenvalue weighted by Gasteiger charge is -2.26. The first-order valence-corrected chi connectivity index (χ1v) is 4.92. The molecule has 88 valence electrons. The van der Waals surface area contributed by atoms with Crippen LogP contribution in [0.3, 0.4) is 0 Å². The molecule has 0 bridgehead atoms. The smallest absolute Gasteiger partial charge is 0.217 e. The zero-order valence-corrected chi connectivity index (χ0v) is 9.53. The minimum atomic E-state index is -0.308. The summed E-state index contributed by atoms with van der Waals surface area (Å²) < 4.78 is 11.1. The number of carbonyl (C=O) groups is 1. The monoisotopic (exact) mass is 243 g/mol. The summed E-state index contributed by atoms with van der Waals surface area (Å²) in [7, 11) is 0. The van der Waals surface area contributed by atoms with Gasteiger partial charge in [0.2, 0.25) is 5.91 Å². The summed E-state index contributed by atoms with van der Waals surface area (Å²) >= 11 is 0. The zero-order chi connectivity index (χ0) is 10.7. The first kappa shape index (κ1) is 12.6. The van der Waals surface area contributed by atoms with Crippen molar-refractivity contribution < 1.29 is 14.3 Å². The molecule has 0 radical (unpaired) electrons. The Morgan fingerprint density at radius 3 is 2.75 bits per heavy atom. The predicted molar refractivity (Wildman–Crippen MR) is 62.0 cm³/mol. The molecule has 0 fully saturated rings. The highest BCUT2D eigenvalue weighted by Crippen LogP contribution is 2.31. The van der Waals surface area contributed by atoms with E-state index in [2.05, 4.69) is 0 Å². The maximum Gasteiger partial charge on any atom is 0.217 e. The summed E-state index contributed by atoms with van der Waals surface area (Å²) in [6.45, 7) is 0.476. The molecule has 1 atom stereocenters. The second-order valence-corrected chi connectivity index (χ2v) is 3.50. The maximum absolute atomic E-state index is 10.6. The van der Waals surface area contributed by atoms with Crippen molar-refractivity contribution in [1.29, 1.82) is 0 Å². The fraction of sp³-hybridized carbons (Fsp3) is 0.364. The number of primary amides is 1. The summed E-state index contributed by atoms with van der Waals surface area (Å²) in [6.07, 6.45) is 0.854. The van der Waals surface area contributed by atoms with E-state index in [0.29, 0.717) is 19.4 Å². The normalized spacial score (nSPS) is 17.4. The second kappa shape index (κ2) is 5.61. The summed E-state index contributed by atoms with van der Waals surface area (Å²) in [5, 5.41) is 0. The van der Waals surface area contributed by atoms with E-state index in [0.717, 1.165) is 11.5 Å². The average molecular weight is 244 g/mol. The van der Waals surface area contributed by atoms with Crippen molar-refractivity contribution in [2.45, 2.75) is 18.9 Å². The Bertz CT molecular complexity index is 370. The van der Waals surface area contributed by atoms with Crippen molar-refractivity contribution in [2.75, 3.05) is 6.61 Å². The highest BCUT2D eigenvalue weighted by atomic mass is 35.5. The molecule has 1 aromatic rings. The van der Waals surface area contributed by atoms with Crippen molar-refractivity contribution in [3.05, 3.63) is 24.3 Å². The highest BCUT2D eigenvalue weighted by Gasteiger charge is 2.20. The van der Waals surface area contributed by atoms with E-state index in [1.807, 2.05) is 24.3 Å². The van der Waals surface area contributed by atoms with Gasteiger partial charge in [0, 0.05) is 6.42 Å². The van der Waals surface area contributed by atoms with Crippen molar-refractivity contribution in [2.24, 2.45) is 5.73 Å². The number of hydrogen-bond acceptors (Lipinski definition) is 3. The third-order valence-corrected chi connectivity index (χ3v) is 2.28. The number of ether oxygens (including phenoxy) is 2. The van der Waals surface area contributed by atoms with Crippen LogP contribution in [-0.2, 0) is 4.79 Å². The Hall–Kier alpha value is -1.42. The van der Waals surface area contributed by atoms with E-state index in [1.165, 1.54) is 0 Å². The number of carbonyl (C=O) groups excluding carboxylic acids is 1. The van der Waals surface area contributed by atoms with Gasteiger partial charge in [-0.3, -0.25) is 4.79 Å². The summed E-state index contributed by atoms with van der Waals surface area (Å²) in [6, 6.07) is 7.50. The molecule has 4 nitrogen and oxygen atoms in total. The van der Waals surface area contributed by atoms with Gasteiger partial charge in [-0.25, -0.2) is 0 Å². The van der Waals surface area contributed by atoms with E-state index in [9.17, 15) is 4.79 Å². The molecule has 0 spiro atoms. The molecule has 2 N–H and O–H groups in total. The van der Waals surface area contributed by atoms with Gasteiger partial charge in [-0.1, -0.05) is 12.1 Å². The van der Waals surface area contributed by atoms with Gasteiger partial charge in [-0.2, -0.15) is 0 Å². The molecule has 1 aromatic carbocycles. The average Bonchev–Trinajstić information content (AvgIpc) is 2.26. The van der Waals surface area contributed by atoms with Crippen LogP contribution in [0.1, 0.15) is 12.8 Å². The number of amides is 1. The number of rotatable bonds is 3. The fourth-order valence-corrected chi connectivity index (χ4v) is 1.51. The van der Waals surface area contributed by atoms with E-state index in [-0.39, 0.29) is 24.4 Å². The highest BCUT2D eigenvalue weighted by molar-refractivity contribution is 5.85. The van der Waals surface area contributed by atoms with Crippen molar-refractivity contribution in [1.82, 2.24) is 0 Å². The third kappa shape index (κ3) is 3.03. The molecule has 1 unspecified atom stereocenters. The Morgan fingerprint density at radius 1 is 1.38 bits per heavy atom. The van der Waals surface area contributed by atoms with Crippen LogP contribution < -0.4 is 15.2 Å². The molecule has 2 rings (SSSR count). The van der Waals surface area contributed by atoms with Crippen LogP contribution in [0.15, 0.2) is 24.3 Å². The van der Waals surface area contributed by atoms with Gasteiger partial charge in [-0.05, 0) is 18.6 Å². The first-order chi connectivity index (χ1) is 7.25. The van der Waals surface area contributed by atoms with E-state index in [4.69, 9.17) is 15.2 Å². The predicted octanol–water partition coefficient (Wildman–Crippen LogP) is 1.51. The topological polar surface area (TPSA) is 61.6 Å². The summed E-state index contributed by atoms with van der Waals surface area (Å²) in [5.74, 6) is 1.18. The zero-order valence-electron chi connectivity index (χ0n) is 8.72. The number of halogens is 1.